The van der Waals surface area contributed by atoms with Gasteiger partial charge in [0, 0.05) is 35.5 Å². The minimum atomic E-state index is 0.940. The average molecular weight is 184 g/mol. The van der Waals surface area contributed by atoms with E-state index in [9.17, 15) is 0 Å². The summed E-state index contributed by atoms with van der Waals surface area (Å²) in [5.74, 6) is 0. The van der Waals surface area contributed by atoms with Crippen molar-refractivity contribution in [3.05, 3.63) is 47.8 Å². The Morgan fingerprint density at radius 1 is 1.14 bits per heavy atom. The van der Waals surface area contributed by atoms with Crippen LogP contribution in [0.15, 0.2) is 46.7 Å². The number of hydrogen-bond donors (Lipinski definition) is 0. The molecule has 0 saturated heterocycles. The Bertz CT molecular complexity index is 414. The largest absolute Gasteiger partial charge is 0.262 e. The second kappa shape index (κ2) is 4.01. The zero-order valence-electron chi connectivity index (χ0n) is 8.14. The van der Waals surface area contributed by atoms with Crippen molar-refractivity contribution in [2.45, 2.75) is 13.3 Å². The molecule has 0 aliphatic carbocycles. The molecule has 1 aliphatic rings. The predicted octanol–water partition coefficient (Wildman–Crippen LogP) is 2.79. The Labute approximate surface area is 83.7 Å². The van der Waals surface area contributed by atoms with E-state index in [-0.39, 0.29) is 0 Å². The van der Waals surface area contributed by atoms with Gasteiger partial charge in [0.15, 0.2) is 0 Å². The van der Waals surface area contributed by atoms with Gasteiger partial charge in [-0.2, -0.15) is 0 Å². The number of benzene rings is 1. The lowest BCUT2D eigenvalue weighted by Crippen LogP contribution is -2.03. The van der Waals surface area contributed by atoms with Crippen molar-refractivity contribution >= 4 is 11.9 Å². The van der Waals surface area contributed by atoms with Gasteiger partial charge in [-0.05, 0) is 6.42 Å². The third kappa shape index (κ3) is 1.64. The highest BCUT2D eigenvalue weighted by molar-refractivity contribution is 6.07. The van der Waals surface area contributed by atoms with Gasteiger partial charge in [-0.1, -0.05) is 31.2 Å². The summed E-state index contributed by atoms with van der Waals surface area (Å²) >= 11 is 0. The zero-order valence-corrected chi connectivity index (χ0v) is 8.14. The molecule has 1 heterocycles. The van der Waals surface area contributed by atoms with Crippen molar-refractivity contribution in [1.82, 2.24) is 0 Å². The van der Waals surface area contributed by atoms with Gasteiger partial charge in [0.2, 0.25) is 0 Å². The van der Waals surface area contributed by atoms with E-state index in [1.807, 2.05) is 18.3 Å². The SMILES string of the molecule is CCC1=N/C=C\N=Cc2ccccc21. The van der Waals surface area contributed by atoms with Crippen LogP contribution in [-0.4, -0.2) is 11.9 Å². The summed E-state index contributed by atoms with van der Waals surface area (Å²) in [4.78, 5) is 8.49. The molecule has 0 N–H and O–H groups in total. The van der Waals surface area contributed by atoms with Gasteiger partial charge >= 0.3 is 0 Å². The van der Waals surface area contributed by atoms with Gasteiger partial charge in [0.1, 0.15) is 0 Å². The summed E-state index contributed by atoms with van der Waals surface area (Å²) in [6.45, 7) is 2.11. The highest BCUT2D eigenvalue weighted by atomic mass is 14.8. The van der Waals surface area contributed by atoms with Crippen LogP contribution in [0.2, 0.25) is 0 Å². The molecule has 0 saturated carbocycles. The molecule has 1 aliphatic heterocycles. The third-order valence-electron chi connectivity index (χ3n) is 2.20. The molecule has 2 rings (SSSR count). The topological polar surface area (TPSA) is 24.7 Å². The van der Waals surface area contributed by atoms with Gasteiger partial charge < -0.3 is 0 Å². The highest BCUT2D eigenvalue weighted by Crippen LogP contribution is 2.12. The van der Waals surface area contributed by atoms with Gasteiger partial charge in [-0.3, -0.25) is 9.98 Å². The highest BCUT2D eigenvalue weighted by Gasteiger charge is 2.05. The van der Waals surface area contributed by atoms with Crippen molar-refractivity contribution in [2.24, 2.45) is 9.98 Å². The number of aliphatic imine (C=N–C) groups is 2. The van der Waals surface area contributed by atoms with Crippen molar-refractivity contribution in [1.29, 1.82) is 0 Å². The zero-order chi connectivity index (χ0) is 9.80. The van der Waals surface area contributed by atoms with Crippen molar-refractivity contribution in [3.8, 4) is 0 Å². The minimum absolute atomic E-state index is 0.940. The van der Waals surface area contributed by atoms with Crippen LogP contribution < -0.4 is 0 Å². The maximum Gasteiger partial charge on any atom is 0.0480 e. The molecule has 2 heteroatoms. The van der Waals surface area contributed by atoms with Crippen molar-refractivity contribution in [3.63, 3.8) is 0 Å². The van der Waals surface area contributed by atoms with E-state index in [1.165, 1.54) is 5.56 Å². The molecular weight excluding hydrogens is 172 g/mol. The molecule has 0 aromatic heterocycles. The maximum atomic E-state index is 4.37. The Hall–Kier alpha value is -1.70. The van der Waals surface area contributed by atoms with Crippen LogP contribution in [0.1, 0.15) is 24.5 Å². The summed E-state index contributed by atoms with van der Waals surface area (Å²) in [6.07, 6.45) is 6.27. The summed E-state index contributed by atoms with van der Waals surface area (Å²) in [6, 6.07) is 8.19. The molecule has 0 atom stereocenters. The molecule has 0 bridgehead atoms. The first-order chi connectivity index (χ1) is 6.92. The van der Waals surface area contributed by atoms with E-state index in [0.717, 1.165) is 17.7 Å². The normalized spacial score (nSPS) is 16.5. The number of nitrogens with zero attached hydrogens (tertiary/aromatic N) is 2. The fourth-order valence-electron chi connectivity index (χ4n) is 1.51. The molecule has 0 spiro atoms. The lowest BCUT2D eigenvalue weighted by Gasteiger charge is -2.07. The Kier molecular flexibility index (Phi) is 2.54. The number of rotatable bonds is 1. The molecule has 14 heavy (non-hydrogen) atoms. The molecule has 2 nitrogen and oxygen atoms in total. The van der Waals surface area contributed by atoms with E-state index in [0.29, 0.717) is 0 Å². The fraction of sp³-hybridized carbons (Fsp3) is 0.167. The molecule has 0 unspecified atom stereocenters. The predicted molar refractivity (Wildman–Crippen MR) is 60.0 cm³/mol. The fourth-order valence-corrected chi connectivity index (χ4v) is 1.51. The maximum absolute atomic E-state index is 4.37. The first kappa shape index (κ1) is 8.88. The lowest BCUT2D eigenvalue weighted by molar-refractivity contribution is 1.25. The molecular formula is C12H12N2. The van der Waals surface area contributed by atoms with Crippen molar-refractivity contribution in [2.75, 3.05) is 0 Å². The van der Waals surface area contributed by atoms with Crippen LogP contribution >= 0.6 is 0 Å². The second-order valence-corrected chi connectivity index (χ2v) is 3.09. The van der Waals surface area contributed by atoms with Gasteiger partial charge in [-0.25, -0.2) is 0 Å². The summed E-state index contributed by atoms with van der Waals surface area (Å²) in [5.41, 5.74) is 3.43. The first-order valence-corrected chi connectivity index (χ1v) is 4.76. The van der Waals surface area contributed by atoms with Gasteiger partial charge in [-0.15, -0.1) is 0 Å². The van der Waals surface area contributed by atoms with E-state index in [2.05, 4.69) is 29.0 Å². The van der Waals surface area contributed by atoms with Gasteiger partial charge in [0.05, 0.1) is 0 Å². The van der Waals surface area contributed by atoms with Crippen LogP contribution in [0.25, 0.3) is 0 Å². The molecule has 1 aromatic carbocycles. The van der Waals surface area contributed by atoms with Crippen LogP contribution in [-0.2, 0) is 0 Å². The van der Waals surface area contributed by atoms with E-state index in [1.54, 1.807) is 12.4 Å². The Morgan fingerprint density at radius 3 is 2.86 bits per heavy atom. The molecule has 70 valence electrons. The molecule has 0 fully saturated rings. The van der Waals surface area contributed by atoms with Crippen molar-refractivity contribution < 1.29 is 0 Å². The molecule has 0 amide bonds. The van der Waals surface area contributed by atoms with Crippen LogP contribution in [0.4, 0.5) is 0 Å². The van der Waals surface area contributed by atoms with E-state index < -0.39 is 0 Å². The van der Waals surface area contributed by atoms with E-state index in [4.69, 9.17) is 0 Å². The number of hydrogen-bond acceptors (Lipinski definition) is 2. The summed E-state index contributed by atoms with van der Waals surface area (Å²) in [5, 5.41) is 0. The van der Waals surface area contributed by atoms with Crippen LogP contribution in [0.5, 0.6) is 0 Å². The summed E-state index contributed by atoms with van der Waals surface area (Å²) < 4.78 is 0. The standard InChI is InChI=1S/C12H12N2/c1-2-12-11-6-4-3-5-10(11)9-13-7-8-14-12/h3-9H,2H2,1H3/b8-7-,10-9?,12-11?,13-7?,13-9?,14-8?,14-12?. The van der Waals surface area contributed by atoms with Crippen LogP contribution in [0.3, 0.4) is 0 Å². The smallest absolute Gasteiger partial charge is 0.0480 e. The Balaban J connectivity index is 2.57. The minimum Gasteiger partial charge on any atom is -0.262 e. The van der Waals surface area contributed by atoms with Gasteiger partial charge in [0.25, 0.3) is 0 Å². The monoisotopic (exact) mass is 184 g/mol. The summed E-state index contributed by atoms with van der Waals surface area (Å²) in [7, 11) is 0. The Morgan fingerprint density at radius 2 is 2.00 bits per heavy atom. The first-order valence-electron chi connectivity index (χ1n) is 4.76. The van der Waals surface area contributed by atoms with E-state index >= 15 is 0 Å². The quantitative estimate of drug-likeness (QED) is 0.641. The molecule has 0 radical (unpaired) electrons. The number of fused-ring (bicyclic) bond motifs is 1. The average Bonchev–Trinajstić information content (AvgIpc) is 2.20. The lowest BCUT2D eigenvalue weighted by atomic mass is 10.0. The second-order valence-electron chi connectivity index (χ2n) is 3.09. The molecule has 1 aromatic rings. The third-order valence-corrected chi connectivity index (χ3v) is 2.20. The van der Waals surface area contributed by atoms with Crippen LogP contribution in [0, 0.1) is 0 Å².